The molecule has 1 N–H and O–H groups in total. The summed E-state index contributed by atoms with van der Waals surface area (Å²) in [5.74, 6) is -1.08. The van der Waals surface area contributed by atoms with Gasteiger partial charge < -0.3 is 5.11 Å². The fourth-order valence-electron chi connectivity index (χ4n) is 1.14. The minimum atomic E-state index is -1.26. The third-order valence-corrected chi connectivity index (χ3v) is 2.01. The van der Waals surface area contributed by atoms with Crippen LogP contribution < -0.4 is 0 Å². The van der Waals surface area contributed by atoms with Gasteiger partial charge in [-0.25, -0.2) is 0 Å². The van der Waals surface area contributed by atoms with Gasteiger partial charge in [-0.2, -0.15) is 0 Å². The third kappa shape index (κ3) is 1.62. The summed E-state index contributed by atoms with van der Waals surface area (Å²) >= 11 is 0. The number of carboxylic acid groups (broad SMARTS) is 1. The number of carbonyl (C=O) groups is 1. The molecule has 0 bridgehead atoms. The van der Waals surface area contributed by atoms with Crippen LogP contribution in [0.15, 0.2) is 0 Å². The van der Waals surface area contributed by atoms with Gasteiger partial charge in [0.05, 0.1) is 0 Å². The Kier molecular flexibility index (Phi) is 3.26. The second-order valence-electron chi connectivity index (χ2n) is 2.77. The lowest BCUT2D eigenvalue weighted by atomic mass is 10.0. The minimum Gasteiger partial charge on any atom is -0.480 e. The van der Waals surface area contributed by atoms with Gasteiger partial charge in [-0.05, 0) is 19.8 Å². The Morgan fingerprint density at radius 1 is 1.73 bits per heavy atom. The van der Waals surface area contributed by atoms with Crippen LogP contribution in [0.25, 0.3) is 0 Å². The summed E-state index contributed by atoms with van der Waals surface area (Å²) in [6, 6.07) is 0. The number of hydrogen-bond donors (Lipinski definition) is 1. The van der Waals surface area contributed by atoms with Crippen LogP contribution in [-0.2, 0) is 4.79 Å². The molecular formula is C6H11ClFNO2. The van der Waals surface area contributed by atoms with E-state index in [0.717, 1.165) is 0 Å². The molecule has 0 aromatic heterocycles. The molecule has 0 amide bonds. The quantitative estimate of drug-likeness (QED) is 0.622. The third-order valence-electron chi connectivity index (χ3n) is 2.01. The molecule has 1 atom stereocenters. The van der Waals surface area contributed by atoms with Crippen molar-refractivity contribution in [2.45, 2.75) is 25.3 Å². The van der Waals surface area contributed by atoms with E-state index in [0.29, 0.717) is 18.0 Å². The van der Waals surface area contributed by atoms with Crippen molar-refractivity contribution in [2.24, 2.45) is 0 Å². The van der Waals surface area contributed by atoms with Gasteiger partial charge in [0.15, 0.2) is 0 Å². The fourth-order valence-corrected chi connectivity index (χ4v) is 1.14. The van der Waals surface area contributed by atoms with Crippen LogP contribution in [0.2, 0.25) is 0 Å². The van der Waals surface area contributed by atoms with Crippen molar-refractivity contribution in [1.29, 1.82) is 0 Å². The number of aliphatic carboxylic acids is 1. The highest BCUT2D eigenvalue weighted by atomic mass is 35.5. The summed E-state index contributed by atoms with van der Waals surface area (Å²) in [6.07, 6.45) is 1.03. The smallest absolute Gasteiger partial charge is 0.326 e. The lowest BCUT2D eigenvalue weighted by molar-refractivity contribution is -0.159. The molecule has 1 heterocycles. The molecule has 1 fully saturated rings. The summed E-state index contributed by atoms with van der Waals surface area (Å²) < 4.78 is 12.7. The summed E-state index contributed by atoms with van der Waals surface area (Å²) in [4.78, 5) is 10.5. The van der Waals surface area contributed by atoms with Gasteiger partial charge in [0.25, 0.3) is 0 Å². The van der Waals surface area contributed by atoms with Crippen molar-refractivity contribution in [1.82, 2.24) is 5.12 Å². The minimum absolute atomic E-state index is 0. The normalized spacial score (nSPS) is 31.5. The Labute approximate surface area is 70.5 Å². The van der Waals surface area contributed by atoms with Crippen LogP contribution in [0.5, 0.6) is 0 Å². The van der Waals surface area contributed by atoms with Crippen molar-refractivity contribution in [3.63, 3.8) is 0 Å². The van der Waals surface area contributed by atoms with Crippen LogP contribution in [-0.4, -0.2) is 28.3 Å². The predicted octanol–water partition coefficient (Wildman–Crippen LogP) is 1.23. The highest BCUT2D eigenvalue weighted by Crippen LogP contribution is 2.28. The van der Waals surface area contributed by atoms with Gasteiger partial charge in [0.2, 0.25) is 0 Å². The van der Waals surface area contributed by atoms with Crippen LogP contribution in [0, 0.1) is 0 Å². The highest BCUT2D eigenvalue weighted by molar-refractivity contribution is 5.85. The number of halogens is 2. The van der Waals surface area contributed by atoms with Gasteiger partial charge in [-0.1, -0.05) is 0 Å². The molecule has 0 aromatic rings. The molecule has 0 aromatic carbocycles. The first-order chi connectivity index (χ1) is 4.57. The molecule has 3 nitrogen and oxygen atoms in total. The first-order valence-corrected chi connectivity index (χ1v) is 3.24. The van der Waals surface area contributed by atoms with Crippen molar-refractivity contribution in [3.05, 3.63) is 0 Å². The predicted molar refractivity (Wildman–Crippen MR) is 40.3 cm³/mol. The Balaban J connectivity index is 0.000001000. The number of nitrogens with zero attached hydrogens (tertiary/aromatic N) is 1. The van der Waals surface area contributed by atoms with Crippen LogP contribution in [0.4, 0.5) is 4.48 Å². The average Bonchev–Trinajstić information content (AvgIpc) is 2.15. The molecule has 66 valence electrons. The van der Waals surface area contributed by atoms with E-state index in [2.05, 4.69) is 0 Å². The SMILES string of the molecule is CC1(C(=O)O)CCCN1F.Cl. The molecule has 0 aliphatic carbocycles. The molecule has 1 saturated heterocycles. The zero-order valence-corrected chi connectivity index (χ0v) is 7.03. The molecule has 0 radical (unpaired) electrons. The monoisotopic (exact) mass is 183 g/mol. The molecule has 1 aliphatic rings. The summed E-state index contributed by atoms with van der Waals surface area (Å²) in [5.41, 5.74) is -1.26. The number of hydrogen-bond acceptors (Lipinski definition) is 2. The average molecular weight is 184 g/mol. The maximum Gasteiger partial charge on any atom is 0.326 e. The van der Waals surface area contributed by atoms with Gasteiger partial charge >= 0.3 is 5.97 Å². The highest BCUT2D eigenvalue weighted by Gasteiger charge is 2.44. The van der Waals surface area contributed by atoms with E-state index in [1.165, 1.54) is 6.92 Å². The maximum atomic E-state index is 12.7. The Morgan fingerprint density at radius 3 is 2.45 bits per heavy atom. The van der Waals surface area contributed by atoms with Crippen LogP contribution in [0.3, 0.4) is 0 Å². The van der Waals surface area contributed by atoms with Crippen molar-refractivity contribution in [3.8, 4) is 0 Å². The van der Waals surface area contributed by atoms with E-state index in [1.54, 1.807) is 0 Å². The van der Waals surface area contributed by atoms with E-state index in [9.17, 15) is 9.28 Å². The van der Waals surface area contributed by atoms with E-state index in [-0.39, 0.29) is 19.0 Å². The van der Waals surface area contributed by atoms with E-state index in [4.69, 9.17) is 5.11 Å². The first kappa shape index (κ1) is 10.7. The van der Waals surface area contributed by atoms with Gasteiger partial charge in [-0.15, -0.1) is 22.0 Å². The summed E-state index contributed by atoms with van der Waals surface area (Å²) in [7, 11) is 0. The van der Waals surface area contributed by atoms with Gasteiger partial charge in [0, 0.05) is 6.54 Å². The van der Waals surface area contributed by atoms with Crippen LogP contribution >= 0.6 is 12.4 Å². The molecule has 1 aliphatic heterocycles. The van der Waals surface area contributed by atoms with Crippen molar-refractivity contribution >= 4 is 18.4 Å². The zero-order valence-electron chi connectivity index (χ0n) is 6.21. The molecule has 5 heteroatoms. The molecule has 1 rings (SSSR count). The molecule has 0 spiro atoms. The molecule has 1 unspecified atom stereocenters. The Hall–Kier alpha value is -0.350. The van der Waals surface area contributed by atoms with Crippen molar-refractivity contribution in [2.75, 3.05) is 6.54 Å². The number of rotatable bonds is 1. The summed E-state index contributed by atoms with van der Waals surface area (Å²) in [6.45, 7) is 1.64. The largest absolute Gasteiger partial charge is 0.480 e. The standard InChI is InChI=1S/C6H10FNO2.ClH/c1-6(5(9)10)3-2-4-8(6)7;/h2-4H2,1H3,(H,9,10);1H. The summed E-state index contributed by atoms with van der Waals surface area (Å²) in [5, 5.41) is 8.96. The lowest BCUT2D eigenvalue weighted by Gasteiger charge is -2.22. The molecule has 11 heavy (non-hydrogen) atoms. The second kappa shape index (κ2) is 3.36. The van der Waals surface area contributed by atoms with Gasteiger partial charge in [-0.3, -0.25) is 4.79 Å². The van der Waals surface area contributed by atoms with E-state index >= 15 is 0 Å². The maximum absolute atomic E-state index is 12.7. The topological polar surface area (TPSA) is 40.5 Å². The molecular weight excluding hydrogens is 173 g/mol. The Morgan fingerprint density at radius 2 is 2.27 bits per heavy atom. The second-order valence-corrected chi connectivity index (χ2v) is 2.77. The van der Waals surface area contributed by atoms with Crippen molar-refractivity contribution < 1.29 is 14.4 Å². The Bertz CT molecular complexity index is 167. The van der Waals surface area contributed by atoms with Gasteiger partial charge in [0.1, 0.15) is 5.54 Å². The lowest BCUT2D eigenvalue weighted by Crippen LogP contribution is -2.43. The number of carboxylic acids is 1. The molecule has 0 saturated carbocycles. The van der Waals surface area contributed by atoms with E-state index < -0.39 is 11.5 Å². The van der Waals surface area contributed by atoms with Crippen LogP contribution in [0.1, 0.15) is 19.8 Å². The van der Waals surface area contributed by atoms with E-state index in [1.807, 2.05) is 0 Å². The fraction of sp³-hybridized carbons (Fsp3) is 0.833. The first-order valence-electron chi connectivity index (χ1n) is 3.24. The zero-order chi connectivity index (χ0) is 7.78.